The second-order valence-corrected chi connectivity index (χ2v) is 5.74. The summed E-state index contributed by atoms with van der Waals surface area (Å²) in [6, 6.07) is 10.9. The number of nitrogens with zero attached hydrogens (tertiary/aromatic N) is 1. The summed E-state index contributed by atoms with van der Waals surface area (Å²) in [4.78, 5) is 0. The van der Waals surface area contributed by atoms with Crippen LogP contribution in [0.5, 0.6) is 0 Å². The monoisotopic (exact) mass is 382 g/mol. The molecule has 0 aliphatic heterocycles. The molecule has 0 atom stereocenters. The quantitative estimate of drug-likeness (QED) is 0.530. The topological polar surface area (TPSA) is 28.7 Å². The Morgan fingerprint density at radius 1 is 0.704 bits per heavy atom. The fourth-order valence-corrected chi connectivity index (χ4v) is 2.37. The number of aromatic amines is 1. The number of alkyl halides is 6. The van der Waals surface area contributed by atoms with Crippen molar-refractivity contribution < 1.29 is 26.3 Å². The Morgan fingerprint density at radius 2 is 1.22 bits per heavy atom. The molecule has 3 rings (SSSR count). The number of nitrogens with one attached hydrogen (secondary N) is 1. The Morgan fingerprint density at radius 3 is 1.74 bits per heavy atom. The van der Waals surface area contributed by atoms with Crippen LogP contribution in [0.1, 0.15) is 22.4 Å². The Labute approximate surface area is 150 Å². The molecule has 140 valence electrons. The van der Waals surface area contributed by atoms with Crippen LogP contribution in [-0.2, 0) is 12.4 Å². The summed E-state index contributed by atoms with van der Waals surface area (Å²) >= 11 is 0. The third kappa shape index (κ3) is 4.58. The van der Waals surface area contributed by atoms with Crippen LogP contribution in [0.4, 0.5) is 26.3 Å². The van der Waals surface area contributed by atoms with Crippen molar-refractivity contribution in [1.82, 2.24) is 10.2 Å². The molecule has 1 N–H and O–H groups in total. The standard InChI is InChI=1S/C19H12F6N2/c20-18(21,22)14-6-1-12(2-7-14)3-10-16-11-17(27-26-16)13-4-8-15(9-5-13)19(23,24)25/h1-11H,(H,26,27)/b10-3+. The number of aromatic nitrogens is 2. The molecule has 0 unspecified atom stereocenters. The van der Waals surface area contributed by atoms with Gasteiger partial charge in [0.05, 0.1) is 22.5 Å². The van der Waals surface area contributed by atoms with E-state index in [0.29, 0.717) is 22.5 Å². The fraction of sp³-hybridized carbons (Fsp3) is 0.105. The Kier molecular flexibility index (Phi) is 4.82. The van der Waals surface area contributed by atoms with Crippen molar-refractivity contribution in [3.8, 4) is 11.3 Å². The summed E-state index contributed by atoms with van der Waals surface area (Å²) in [5.41, 5.74) is 0.609. The van der Waals surface area contributed by atoms with E-state index in [0.717, 1.165) is 24.3 Å². The third-order valence-corrected chi connectivity index (χ3v) is 3.80. The van der Waals surface area contributed by atoms with E-state index in [-0.39, 0.29) is 0 Å². The molecule has 0 saturated heterocycles. The predicted molar refractivity (Wildman–Crippen MR) is 89.4 cm³/mol. The highest BCUT2D eigenvalue weighted by molar-refractivity contribution is 5.71. The fourth-order valence-electron chi connectivity index (χ4n) is 2.37. The summed E-state index contributed by atoms with van der Waals surface area (Å²) in [6.07, 6.45) is -5.57. The van der Waals surface area contributed by atoms with Gasteiger partial charge in [0.15, 0.2) is 0 Å². The van der Waals surface area contributed by atoms with Crippen LogP contribution < -0.4 is 0 Å². The smallest absolute Gasteiger partial charge is 0.278 e. The molecule has 0 radical (unpaired) electrons. The maximum atomic E-state index is 12.6. The zero-order chi connectivity index (χ0) is 19.7. The van der Waals surface area contributed by atoms with Gasteiger partial charge in [-0.2, -0.15) is 31.4 Å². The predicted octanol–water partition coefficient (Wildman–Crippen LogP) is 6.28. The van der Waals surface area contributed by atoms with Gasteiger partial charge < -0.3 is 0 Å². The van der Waals surface area contributed by atoms with Crippen molar-refractivity contribution in [2.24, 2.45) is 0 Å². The van der Waals surface area contributed by atoms with Crippen molar-refractivity contribution in [3.63, 3.8) is 0 Å². The minimum absolute atomic E-state index is 0.454. The second kappa shape index (κ2) is 6.94. The van der Waals surface area contributed by atoms with Crippen molar-refractivity contribution in [3.05, 3.63) is 77.0 Å². The van der Waals surface area contributed by atoms with Gasteiger partial charge in [-0.3, -0.25) is 5.10 Å². The van der Waals surface area contributed by atoms with Crippen LogP contribution in [-0.4, -0.2) is 10.2 Å². The minimum atomic E-state index is -4.40. The summed E-state index contributed by atoms with van der Waals surface area (Å²) in [6.45, 7) is 0. The van der Waals surface area contributed by atoms with E-state index >= 15 is 0 Å². The second-order valence-electron chi connectivity index (χ2n) is 5.74. The minimum Gasteiger partial charge on any atom is -0.278 e. The lowest BCUT2D eigenvalue weighted by Gasteiger charge is -2.06. The first-order chi connectivity index (χ1) is 12.6. The lowest BCUT2D eigenvalue weighted by atomic mass is 10.1. The number of benzene rings is 2. The molecule has 0 aliphatic carbocycles. The molecule has 1 aromatic heterocycles. The third-order valence-electron chi connectivity index (χ3n) is 3.80. The van der Waals surface area contributed by atoms with Gasteiger partial charge in [-0.25, -0.2) is 0 Å². The van der Waals surface area contributed by atoms with Crippen LogP contribution in [0.2, 0.25) is 0 Å². The van der Waals surface area contributed by atoms with Gasteiger partial charge in [-0.1, -0.05) is 30.3 Å². The van der Waals surface area contributed by atoms with Crippen LogP contribution in [0.3, 0.4) is 0 Å². The van der Waals surface area contributed by atoms with Crippen molar-refractivity contribution in [2.45, 2.75) is 12.4 Å². The lowest BCUT2D eigenvalue weighted by molar-refractivity contribution is -0.138. The first-order valence-electron chi connectivity index (χ1n) is 7.71. The summed E-state index contributed by atoms with van der Waals surface area (Å²) in [5, 5.41) is 6.75. The summed E-state index contributed by atoms with van der Waals surface area (Å²) < 4.78 is 75.3. The van der Waals surface area contributed by atoms with Crippen LogP contribution >= 0.6 is 0 Å². The van der Waals surface area contributed by atoms with E-state index in [4.69, 9.17) is 0 Å². The number of halogens is 6. The lowest BCUT2D eigenvalue weighted by Crippen LogP contribution is -2.03. The molecule has 1 heterocycles. The highest BCUT2D eigenvalue weighted by Crippen LogP contribution is 2.31. The van der Waals surface area contributed by atoms with Gasteiger partial charge in [0.1, 0.15) is 0 Å². The molecule has 0 saturated carbocycles. The van der Waals surface area contributed by atoms with Gasteiger partial charge in [-0.15, -0.1) is 0 Å². The average molecular weight is 382 g/mol. The number of H-pyrrole nitrogens is 1. The van der Waals surface area contributed by atoms with Crippen LogP contribution in [0, 0.1) is 0 Å². The number of rotatable bonds is 3. The zero-order valence-corrected chi connectivity index (χ0v) is 13.6. The van der Waals surface area contributed by atoms with E-state index in [1.165, 1.54) is 24.3 Å². The molecule has 0 spiro atoms. The van der Waals surface area contributed by atoms with Crippen LogP contribution in [0.25, 0.3) is 23.4 Å². The van der Waals surface area contributed by atoms with Gasteiger partial charge in [0.2, 0.25) is 0 Å². The summed E-state index contributed by atoms with van der Waals surface area (Å²) in [7, 11) is 0. The van der Waals surface area contributed by atoms with Gasteiger partial charge in [0.25, 0.3) is 0 Å². The normalized spacial score (nSPS) is 12.7. The molecule has 2 aromatic carbocycles. The Hall–Kier alpha value is -3.03. The zero-order valence-electron chi connectivity index (χ0n) is 13.6. The summed E-state index contributed by atoms with van der Waals surface area (Å²) in [5.74, 6) is 0. The molecule has 2 nitrogen and oxygen atoms in total. The van der Waals surface area contributed by atoms with Gasteiger partial charge >= 0.3 is 12.4 Å². The molecule has 0 bridgehead atoms. The SMILES string of the molecule is FC(F)(F)c1ccc(/C=C/c2cc(-c3ccc(C(F)(F)F)cc3)n[nH]2)cc1. The molecule has 8 heteroatoms. The first kappa shape index (κ1) is 18.8. The molecule has 0 aliphatic rings. The number of hydrogen-bond donors (Lipinski definition) is 1. The molecule has 0 amide bonds. The average Bonchev–Trinajstić information content (AvgIpc) is 3.08. The number of hydrogen-bond acceptors (Lipinski definition) is 1. The van der Waals surface area contributed by atoms with E-state index in [1.54, 1.807) is 18.2 Å². The maximum absolute atomic E-state index is 12.6. The van der Waals surface area contributed by atoms with Gasteiger partial charge in [-0.05, 0) is 42.0 Å². The molecule has 0 fully saturated rings. The van der Waals surface area contributed by atoms with Crippen molar-refractivity contribution in [2.75, 3.05) is 0 Å². The molecular weight excluding hydrogens is 370 g/mol. The maximum Gasteiger partial charge on any atom is 0.416 e. The van der Waals surface area contributed by atoms with Gasteiger partial charge in [0, 0.05) is 5.56 Å². The van der Waals surface area contributed by atoms with E-state index in [2.05, 4.69) is 10.2 Å². The Bertz CT molecular complexity index is 932. The van der Waals surface area contributed by atoms with Crippen molar-refractivity contribution in [1.29, 1.82) is 0 Å². The highest BCUT2D eigenvalue weighted by atomic mass is 19.4. The molecular formula is C19H12F6N2. The van der Waals surface area contributed by atoms with E-state index in [1.807, 2.05) is 0 Å². The molecule has 3 aromatic rings. The largest absolute Gasteiger partial charge is 0.416 e. The van der Waals surface area contributed by atoms with Crippen molar-refractivity contribution >= 4 is 12.2 Å². The van der Waals surface area contributed by atoms with Crippen LogP contribution in [0.15, 0.2) is 54.6 Å². The first-order valence-corrected chi connectivity index (χ1v) is 7.71. The van der Waals surface area contributed by atoms with E-state index < -0.39 is 23.5 Å². The van der Waals surface area contributed by atoms with E-state index in [9.17, 15) is 26.3 Å². The highest BCUT2D eigenvalue weighted by Gasteiger charge is 2.30. The Balaban J connectivity index is 1.73. The molecule has 27 heavy (non-hydrogen) atoms.